The summed E-state index contributed by atoms with van der Waals surface area (Å²) in [5, 5.41) is 39.0. The lowest BCUT2D eigenvalue weighted by atomic mass is 10.1. The van der Waals surface area contributed by atoms with Crippen LogP contribution in [0.2, 0.25) is 0 Å². The number of carbonyl (C=O) groups excluding carboxylic acids is 4. The van der Waals surface area contributed by atoms with Crippen molar-refractivity contribution in [3.8, 4) is 0 Å². The van der Waals surface area contributed by atoms with Gasteiger partial charge in [-0.1, -0.05) is 41.5 Å². The van der Waals surface area contributed by atoms with Crippen LogP contribution in [0, 0.1) is 0 Å². The summed E-state index contributed by atoms with van der Waals surface area (Å²) in [7, 11) is 0. The average Bonchev–Trinajstić information content (AvgIpc) is 2.80. The maximum Gasteiger partial charge on any atom is 0.251 e. The molecule has 0 saturated carbocycles. The minimum absolute atomic E-state index is 0.0564. The van der Waals surface area contributed by atoms with E-state index in [0.29, 0.717) is 12.8 Å². The molecule has 0 fully saturated rings. The van der Waals surface area contributed by atoms with E-state index in [1.807, 2.05) is 27.7 Å². The van der Waals surface area contributed by atoms with Crippen molar-refractivity contribution in [1.82, 2.24) is 21.3 Å². The van der Waals surface area contributed by atoms with Crippen LogP contribution in [0.5, 0.6) is 0 Å². The van der Waals surface area contributed by atoms with E-state index in [1.165, 1.54) is 0 Å². The number of hydrogen-bond acceptors (Lipinski definition) is 7. The number of hydrogen-bond donors (Lipinski definition) is 7. The molecule has 11 heteroatoms. The number of carbonyl (C=O) groups is 4. The van der Waals surface area contributed by atoms with E-state index >= 15 is 0 Å². The Labute approximate surface area is 185 Å². The van der Waals surface area contributed by atoms with Crippen molar-refractivity contribution < 1.29 is 34.5 Å². The van der Waals surface area contributed by atoms with Crippen LogP contribution in [0.3, 0.4) is 0 Å². The Morgan fingerprint density at radius 1 is 0.645 bits per heavy atom. The Bertz CT molecular complexity index is 504. The van der Waals surface area contributed by atoms with Crippen LogP contribution in [0.4, 0.5) is 0 Å². The summed E-state index contributed by atoms with van der Waals surface area (Å²) in [6.45, 7) is 11.9. The topological polar surface area (TPSA) is 177 Å². The van der Waals surface area contributed by atoms with Crippen molar-refractivity contribution in [3.63, 3.8) is 0 Å². The molecule has 4 amide bonds. The van der Waals surface area contributed by atoms with Crippen molar-refractivity contribution >= 4 is 23.6 Å². The van der Waals surface area contributed by atoms with Gasteiger partial charge in [0.1, 0.15) is 6.10 Å². The lowest BCUT2D eigenvalue weighted by molar-refractivity contribution is -0.140. The highest BCUT2D eigenvalue weighted by Crippen LogP contribution is 2.04. The highest BCUT2D eigenvalue weighted by atomic mass is 16.3. The van der Waals surface area contributed by atoms with Gasteiger partial charge in [-0.15, -0.1) is 0 Å². The molecular formula is C20H42N4O7. The van der Waals surface area contributed by atoms with Gasteiger partial charge in [0, 0.05) is 45.4 Å². The molecule has 184 valence electrons. The highest BCUT2D eigenvalue weighted by Gasteiger charge is 2.28. The Morgan fingerprint density at radius 2 is 1.00 bits per heavy atom. The molecule has 0 rings (SSSR count). The van der Waals surface area contributed by atoms with Gasteiger partial charge in [0.25, 0.3) is 5.91 Å². The summed E-state index contributed by atoms with van der Waals surface area (Å²) in [6, 6.07) is 0. The number of rotatable bonds is 13. The van der Waals surface area contributed by atoms with E-state index in [2.05, 4.69) is 21.3 Å². The third-order valence-corrected chi connectivity index (χ3v) is 3.54. The largest absolute Gasteiger partial charge is 0.390 e. The number of aliphatic hydroxyl groups excluding tert-OH is 3. The molecule has 0 radical (unpaired) electrons. The van der Waals surface area contributed by atoms with Gasteiger partial charge in [-0.25, -0.2) is 0 Å². The monoisotopic (exact) mass is 450 g/mol. The molecule has 0 heterocycles. The fraction of sp³-hybridized carbons (Fsp3) is 0.800. The predicted molar refractivity (Wildman–Crippen MR) is 118 cm³/mol. The third kappa shape index (κ3) is 18.3. The molecule has 0 aromatic heterocycles. The molecule has 7 N–H and O–H groups in total. The lowest BCUT2D eigenvalue weighted by Crippen LogP contribution is -2.47. The Balaban J connectivity index is -0.00000184. The van der Waals surface area contributed by atoms with Crippen molar-refractivity contribution in [1.29, 1.82) is 0 Å². The van der Waals surface area contributed by atoms with Crippen LogP contribution >= 0.6 is 0 Å². The second-order valence-corrected chi connectivity index (χ2v) is 5.75. The Hall–Kier alpha value is -2.24. The molecule has 0 aliphatic carbocycles. The first-order chi connectivity index (χ1) is 14.7. The van der Waals surface area contributed by atoms with E-state index in [1.54, 1.807) is 13.8 Å². The minimum Gasteiger partial charge on any atom is -0.390 e. The molecule has 3 atom stereocenters. The van der Waals surface area contributed by atoms with E-state index in [4.69, 9.17) is 0 Å². The molecular weight excluding hydrogens is 408 g/mol. The highest BCUT2D eigenvalue weighted by molar-refractivity contribution is 5.82. The van der Waals surface area contributed by atoms with Gasteiger partial charge >= 0.3 is 0 Å². The van der Waals surface area contributed by atoms with E-state index in [-0.39, 0.29) is 38.0 Å². The quantitative estimate of drug-likeness (QED) is 0.172. The molecule has 0 aliphatic heterocycles. The molecule has 0 saturated heterocycles. The first-order valence-corrected chi connectivity index (χ1v) is 10.9. The molecule has 11 nitrogen and oxygen atoms in total. The fourth-order valence-corrected chi connectivity index (χ4v) is 1.89. The predicted octanol–water partition coefficient (Wildman–Crippen LogP) is -1.20. The number of nitrogens with one attached hydrogen (secondary N) is 4. The minimum atomic E-state index is -1.84. The fourth-order valence-electron chi connectivity index (χ4n) is 1.89. The van der Waals surface area contributed by atoms with E-state index in [0.717, 1.165) is 0 Å². The van der Waals surface area contributed by atoms with Crippen molar-refractivity contribution in [3.05, 3.63) is 0 Å². The molecule has 0 aromatic rings. The maximum atomic E-state index is 11.7. The van der Waals surface area contributed by atoms with Gasteiger partial charge in [0.15, 0.2) is 6.10 Å². The van der Waals surface area contributed by atoms with Crippen molar-refractivity contribution in [2.75, 3.05) is 26.2 Å². The normalized spacial score (nSPS) is 12.4. The number of amides is 4. The van der Waals surface area contributed by atoms with E-state index in [9.17, 15) is 34.5 Å². The van der Waals surface area contributed by atoms with Crippen LogP contribution in [-0.4, -0.2) is 83.4 Å². The second-order valence-electron chi connectivity index (χ2n) is 5.75. The molecule has 31 heavy (non-hydrogen) atoms. The first kappa shape index (κ1) is 33.4. The van der Waals surface area contributed by atoms with Gasteiger partial charge in [0.05, 0.1) is 6.10 Å². The standard InChI is InChI=1S/C16H30N4O7.2C2H6/c1-3-12(23)17-5-7-19-15(26)11(22)9-10(21)14(25)16(27)20-8-6-18-13(24)4-2;2*1-2/h10-11,14,21-22,25H,3-9H2,1-2H3,(H,17,23)(H,18,24)(H,19,26)(H,20,27);2*1-2H3. The Morgan fingerprint density at radius 3 is 1.39 bits per heavy atom. The summed E-state index contributed by atoms with van der Waals surface area (Å²) in [6.07, 6.45) is -5.05. The molecule has 3 unspecified atom stereocenters. The van der Waals surface area contributed by atoms with Crippen LogP contribution < -0.4 is 21.3 Å². The smallest absolute Gasteiger partial charge is 0.251 e. The molecule has 0 aromatic carbocycles. The zero-order valence-corrected chi connectivity index (χ0v) is 19.7. The van der Waals surface area contributed by atoms with Crippen LogP contribution in [0.15, 0.2) is 0 Å². The van der Waals surface area contributed by atoms with Gasteiger partial charge < -0.3 is 36.6 Å². The van der Waals surface area contributed by atoms with Crippen LogP contribution in [-0.2, 0) is 19.2 Å². The summed E-state index contributed by atoms with van der Waals surface area (Å²) >= 11 is 0. The SMILES string of the molecule is CC.CC.CCC(=O)NCCNC(=O)C(O)CC(O)C(O)C(=O)NCCNC(=O)CC. The molecule has 0 aliphatic rings. The summed E-state index contributed by atoms with van der Waals surface area (Å²) in [4.78, 5) is 45.4. The van der Waals surface area contributed by atoms with Gasteiger partial charge in [0.2, 0.25) is 17.7 Å². The average molecular weight is 451 g/mol. The maximum absolute atomic E-state index is 11.7. The zero-order valence-electron chi connectivity index (χ0n) is 19.7. The zero-order chi connectivity index (χ0) is 24.8. The van der Waals surface area contributed by atoms with Crippen LogP contribution in [0.25, 0.3) is 0 Å². The first-order valence-electron chi connectivity index (χ1n) is 10.9. The third-order valence-electron chi connectivity index (χ3n) is 3.54. The second kappa shape index (κ2) is 22.4. The number of aliphatic hydroxyl groups is 3. The van der Waals surface area contributed by atoms with Gasteiger partial charge in [-0.3, -0.25) is 19.2 Å². The summed E-state index contributed by atoms with van der Waals surface area (Å²) in [5.41, 5.74) is 0. The lowest BCUT2D eigenvalue weighted by Gasteiger charge is -2.20. The summed E-state index contributed by atoms with van der Waals surface area (Å²) in [5.74, 6) is -2.05. The summed E-state index contributed by atoms with van der Waals surface area (Å²) < 4.78 is 0. The van der Waals surface area contributed by atoms with Crippen molar-refractivity contribution in [2.24, 2.45) is 0 Å². The Kier molecular flexibility index (Phi) is 24.2. The van der Waals surface area contributed by atoms with Crippen LogP contribution in [0.1, 0.15) is 60.8 Å². The van der Waals surface area contributed by atoms with Gasteiger partial charge in [-0.05, 0) is 0 Å². The van der Waals surface area contributed by atoms with Crippen molar-refractivity contribution in [2.45, 2.75) is 79.1 Å². The molecule has 0 spiro atoms. The molecule has 0 bridgehead atoms. The van der Waals surface area contributed by atoms with Gasteiger partial charge in [-0.2, -0.15) is 0 Å². The van der Waals surface area contributed by atoms with E-state index < -0.39 is 36.5 Å².